The number of hydrogen-bond acceptors (Lipinski definition) is 5. The minimum atomic E-state index is 0.705. The van der Waals surface area contributed by atoms with E-state index in [0.717, 1.165) is 23.9 Å². The van der Waals surface area contributed by atoms with Gasteiger partial charge in [0.1, 0.15) is 0 Å². The molecule has 2 heterocycles. The van der Waals surface area contributed by atoms with E-state index in [-0.39, 0.29) is 0 Å². The van der Waals surface area contributed by atoms with Crippen LogP contribution in [-0.2, 0) is 6.54 Å². The number of thiazole rings is 1. The molecule has 1 aromatic rings. The summed E-state index contributed by atoms with van der Waals surface area (Å²) >= 11 is 1.75. The summed E-state index contributed by atoms with van der Waals surface area (Å²) in [5.41, 5.74) is 1.14. The fourth-order valence-corrected chi connectivity index (χ4v) is 3.45. The standard InChI is InChI=1S/C13H24N4S/c1-4-17-7-5-6-12(17)9-16(3)13-15-11(8-14-2)10-18-13/h10,12,14H,4-9H2,1-3H3. The Bertz CT molecular complexity index is 366. The maximum atomic E-state index is 4.66. The topological polar surface area (TPSA) is 31.4 Å². The van der Waals surface area contributed by atoms with Gasteiger partial charge in [0.2, 0.25) is 0 Å². The summed E-state index contributed by atoms with van der Waals surface area (Å²) in [5.74, 6) is 0. The third-order valence-electron chi connectivity index (χ3n) is 3.61. The lowest BCUT2D eigenvalue weighted by Gasteiger charge is -2.27. The van der Waals surface area contributed by atoms with Gasteiger partial charge >= 0.3 is 0 Å². The van der Waals surface area contributed by atoms with Gasteiger partial charge in [-0.05, 0) is 33.0 Å². The van der Waals surface area contributed by atoms with Crippen molar-refractivity contribution in [2.45, 2.75) is 32.4 Å². The second-order valence-corrected chi connectivity index (χ2v) is 5.79. The predicted octanol–water partition coefficient (Wildman–Crippen LogP) is 1.78. The van der Waals surface area contributed by atoms with Crippen LogP contribution < -0.4 is 10.2 Å². The van der Waals surface area contributed by atoms with Crippen molar-refractivity contribution >= 4 is 16.5 Å². The minimum Gasteiger partial charge on any atom is -0.350 e. The Morgan fingerprint density at radius 2 is 2.44 bits per heavy atom. The number of likely N-dealkylation sites (tertiary alicyclic amines) is 1. The Morgan fingerprint density at radius 3 is 3.17 bits per heavy atom. The fourth-order valence-electron chi connectivity index (χ4n) is 2.65. The molecule has 4 nitrogen and oxygen atoms in total. The van der Waals surface area contributed by atoms with E-state index < -0.39 is 0 Å². The molecule has 1 unspecified atom stereocenters. The van der Waals surface area contributed by atoms with Crippen LogP contribution in [0, 0.1) is 0 Å². The van der Waals surface area contributed by atoms with Crippen molar-refractivity contribution in [3.63, 3.8) is 0 Å². The fraction of sp³-hybridized carbons (Fsp3) is 0.769. The number of hydrogen-bond donors (Lipinski definition) is 1. The Labute approximate surface area is 114 Å². The van der Waals surface area contributed by atoms with Crippen LogP contribution in [-0.4, -0.2) is 49.7 Å². The van der Waals surface area contributed by atoms with Gasteiger partial charge in [-0.25, -0.2) is 4.98 Å². The van der Waals surface area contributed by atoms with Crippen LogP contribution in [0.1, 0.15) is 25.5 Å². The number of rotatable bonds is 6. The summed E-state index contributed by atoms with van der Waals surface area (Å²) in [6, 6.07) is 0.705. The van der Waals surface area contributed by atoms with Crippen molar-refractivity contribution in [1.82, 2.24) is 15.2 Å². The van der Waals surface area contributed by atoms with Crippen LogP contribution in [0.4, 0.5) is 5.13 Å². The van der Waals surface area contributed by atoms with Crippen molar-refractivity contribution < 1.29 is 0 Å². The van der Waals surface area contributed by atoms with Gasteiger partial charge in [0.15, 0.2) is 5.13 Å². The van der Waals surface area contributed by atoms with E-state index in [1.165, 1.54) is 25.9 Å². The summed E-state index contributed by atoms with van der Waals surface area (Å²) < 4.78 is 0. The van der Waals surface area contributed by atoms with E-state index in [1.54, 1.807) is 11.3 Å². The SMILES string of the molecule is CCN1CCCC1CN(C)c1nc(CNC)cs1. The van der Waals surface area contributed by atoms with E-state index in [1.807, 2.05) is 7.05 Å². The molecule has 102 valence electrons. The Balaban J connectivity index is 1.91. The van der Waals surface area contributed by atoms with Crippen molar-refractivity contribution in [1.29, 1.82) is 0 Å². The minimum absolute atomic E-state index is 0.705. The molecule has 1 saturated heterocycles. The largest absolute Gasteiger partial charge is 0.350 e. The second kappa shape index (κ2) is 6.50. The number of nitrogens with one attached hydrogen (secondary N) is 1. The molecule has 1 aromatic heterocycles. The monoisotopic (exact) mass is 268 g/mol. The molecule has 1 N–H and O–H groups in total. The molecule has 0 aliphatic carbocycles. The lowest BCUT2D eigenvalue weighted by Crippen LogP contribution is -2.38. The van der Waals surface area contributed by atoms with Crippen molar-refractivity contribution in [3.05, 3.63) is 11.1 Å². The molecule has 0 radical (unpaired) electrons. The first kappa shape index (κ1) is 13.8. The first-order valence-corrected chi connectivity index (χ1v) is 7.66. The van der Waals surface area contributed by atoms with E-state index in [9.17, 15) is 0 Å². The molecule has 0 amide bonds. The first-order chi connectivity index (χ1) is 8.74. The smallest absolute Gasteiger partial charge is 0.185 e. The van der Waals surface area contributed by atoms with E-state index in [0.29, 0.717) is 6.04 Å². The van der Waals surface area contributed by atoms with Crippen molar-refractivity contribution in [2.75, 3.05) is 38.6 Å². The van der Waals surface area contributed by atoms with Gasteiger partial charge in [-0.1, -0.05) is 6.92 Å². The third-order valence-corrected chi connectivity index (χ3v) is 4.62. The van der Waals surface area contributed by atoms with Crippen LogP contribution >= 0.6 is 11.3 Å². The molecular weight excluding hydrogens is 244 g/mol. The number of nitrogens with zero attached hydrogens (tertiary/aromatic N) is 3. The predicted molar refractivity (Wildman–Crippen MR) is 78.4 cm³/mol. The molecular formula is C13H24N4S. The van der Waals surface area contributed by atoms with Gasteiger partial charge in [0, 0.05) is 31.6 Å². The lowest BCUT2D eigenvalue weighted by molar-refractivity contribution is 0.270. The van der Waals surface area contributed by atoms with Gasteiger partial charge in [-0.15, -0.1) is 11.3 Å². The zero-order valence-corrected chi connectivity index (χ0v) is 12.5. The van der Waals surface area contributed by atoms with Gasteiger partial charge in [-0.2, -0.15) is 0 Å². The van der Waals surface area contributed by atoms with Crippen LogP contribution in [0.25, 0.3) is 0 Å². The molecule has 0 bridgehead atoms. The zero-order chi connectivity index (χ0) is 13.0. The number of aromatic nitrogens is 1. The molecule has 1 atom stereocenters. The lowest BCUT2D eigenvalue weighted by atomic mass is 10.2. The zero-order valence-electron chi connectivity index (χ0n) is 11.6. The Hall–Kier alpha value is -0.650. The maximum Gasteiger partial charge on any atom is 0.185 e. The highest BCUT2D eigenvalue weighted by molar-refractivity contribution is 7.13. The molecule has 0 saturated carbocycles. The molecule has 1 aliphatic rings. The molecule has 2 rings (SSSR count). The van der Waals surface area contributed by atoms with Crippen LogP contribution in [0.2, 0.25) is 0 Å². The number of anilines is 1. The molecule has 0 spiro atoms. The van der Waals surface area contributed by atoms with Crippen LogP contribution in [0.5, 0.6) is 0 Å². The quantitative estimate of drug-likeness (QED) is 0.852. The van der Waals surface area contributed by atoms with Crippen molar-refractivity contribution in [3.8, 4) is 0 Å². The first-order valence-electron chi connectivity index (χ1n) is 6.78. The van der Waals surface area contributed by atoms with Gasteiger partial charge in [0.05, 0.1) is 5.69 Å². The van der Waals surface area contributed by atoms with E-state index in [2.05, 4.69) is 39.5 Å². The summed E-state index contributed by atoms with van der Waals surface area (Å²) in [7, 11) is 4.12. The van der Waals surface area contributed by atoms with Gasteiger partial charge < -0.3 is 10.2 Å². The highest BCUT2D eigenvalue weighted by Crippen LogP contribution is 2.23. The van der Waals surface area contributed by atoms with Crippen LogP contribution in [0.15, 0.2) is 5.38 Å². The average molecular weight is 268 g/mol. The van der Waals surface area contributed by atoms with E-state index in [4.69, 9.17) is 0 Å². The van der Waals surface area contributed by atoms with Crippen molar-refractivity contribution in [2.24, 2.45) is 0 Å². The summed E-state index contributed by atoms with van der Waals surface area (Å²) in [6.07, 6.45) is 2.67. The highest BCUT2D eigenvalue weighted by atomic mass is 32.1. The average Bonchev–Trinajstić information content (AvgIpc) is 2.98. The number of likely N-dealkylation sites (N-methyl/N-ethyl adjacent to an activating group) is 2. The maximum absolute atomic E-state index is 4.66. The summed E-state index contributed by atoms with van der Waals surface area (Å²) in [6.45, 7) is 6.64. The van der Waals surface area contributed by atoms with Gasteiger partial charge in [-0.3, -0.25) is 4.90 Å². The molecule has 1 aliphatic heterocycles. The Morgan fingerprint density at radius 1 is 1.61 bits per heavy atom. The summed E-state index contributed by atoms with van der Waals surface area (Å²) in [5, 5.41) is 6.43. The third kappa shape index (κ3) is 3.22. The van der Waals surface area contributed by atoms with E-state index >= 15 is 0 Å². The second-order valence-electron chi connectivity index (χ2n) is 4.96. The summed E-state index contributed by atoms with van der Waals surface area (Å²) in [4.78, 5) is 9.55. The molecule has 18 heavy (non-hydrogen) atoms. The van der Waals surface area contributed by atoms with Crippen LogP contribution in [0.3, 0.4) is 0 Å². The molecule has 1 fully saturated rings. The highest BCUT2D eigenvalue weighted by Gasteiger charge is 2.24. The normalized spacial score (nSPS) is 20.5. The molecule has 5 heteroatoms. The van der Waals surface area contributed by atoms with Gasteiger partial charge in [0.25, 0.3) is 0 Å². The molecule has 0 aromatic carbocycles. The Kier molecular flexibility index (Phi) is 4.97.